The molecular formula is C30H12N6. The molecule has 0 radical (unpaired) electrons. The molecule has 1 aliphatic rings. The highest BCUT2D eigenvalue weighted by molar-refractivity contribution is 6.12. The Morgan fingerprint density at radius 3 is 1.50 bits per heavy atom. The summed E-state index contributed by atoms with van der Waals surface area (Å²) in [6, 6.07) is -3.45. The minimum atomic E-state index is -0.868. The first-order chi connectivity index (χ1) is 22.6. The van der Waals surface area contributed by atoms with Gasteiger partial charge in [0, 0.05) is 12.5 Å². The molecule has 0 aromatic heterocycles. The topological polar surface area (TPSA) is 104 Å². The van der Waals surface area contributed by atoms with Gasteiger partial charge in [-0.05, 0) is 34.4 Å². The van der Waals surface area contributed by atoms with Gasteiger partial charge in [0.15, 0.2) is 11.4 Å². The maximum atomic E-state index is 10.4. The summed E-state index contributed by atoms with van der Waals surface area (Å²) >= 11 is 0. The smallest absolute Gasteiger partial charge is 0.192 e. The van der Waals surface area contributed by atoms with Gasteiger partial charge in [-0.15, -0.1) is 0 Å². The Labute approximate surface area is 224 Å². The van der Waals surface area contributed by atoms with E-state index in [2.05, 4.69) is 9.69 Å². The first kappa shape index (κ1) is 12.3. The van der Waals surface area contributed by atoms with Gasteiger partial charge in [-0.1, -0.05) is 60.4 Å². The van der Waals surface area contributed by atoms with Gasteiger partial charge < -0.3 is 0 Å². The molecule has 3 aromatic carbocycles. The first-order valence-electron chi connectivity index (χ1n) is 15.5. The lowest BCUT2D eigenvalue weighted by atomic mass is 9.98. The van der Waals surface area contributed by atoms with Crippen LogP contribution in [-0.2, 0) is 0 Å². The monoisotopic (exact) mass is 468 g/mol. The van der Waals surface area contributed by atoms with E-state index in [1.807, 2.05) is 0 Å². The van der Waals surface area contributed by atoms with E-state index in [0.717, 1.165) is 0 Å². The fraction of sp³-hybridized carbons (Fsp3) is 0. The molecule has 6 heteroatoms. The summed E-state index contributed by atoms with van der Waals surface area (Å²) in [6.07, 6.45) is 0. The predicted octanol–water partition coefficient (Wildman–Crippen LogP) is 6.58. The van der Waals surface area contributed by atoms with Gasteiger partial charge in [-0.25, -0.2) is 9.69 Å². The van der Waals surface area contributed by atoms with E-state index in [-0.39, 0.29) is 0 Å². The van der Waals surface area contributed by atoms with E-state index in [1.165, 1.54) is 0 Å². The minimum absolute atomic E-state index is 0.457. The van der Waals surface area contributed by atoms with Crippen LogP contribution in [0.15, 0.2) is 89.2 Å². The van der Waals surface area contributed by atoms with Crippen molar-refractivity contribution >= 4 is 22.5 Å². The van der Waals surface area contributed by atoms with E-state index in [0.29, 0.717) is 0 Å². The summed E-state index contributed by atoms with van der Waals surface area (Å²) < 4.78 is 98.3. The largest absolute Gasteiger partial charge is 0.239 e. The molecule has 0 bridgehead atoms. The van der Waals surface area contributed by atoms with Crippen LogP contribution in [0, 0.1) is 58.5 Å². The first-order valence-corrected chi connectivity index (χ1v) is 9.54. The number of nitriles is 4. The van der Waals surface area contributed by atoms with E-state index in [9.17, 15) is 21.0 Å². The third-order valence-corrected chi connectivity index (χ3v) is 4.87. The molecule has 4 rings (SSSR count). The SMILES string of the molecule is [2H]c1c([2H])c([2H])c(/C(C#N)=C2/C(=C([N+]#[C-])c3c([2H])c([2H])c([2H])c([2H])c3[N+]#[C-])/C2=C(/C#N)c2c([2H])c([2H])c([2H])c([2H])c2C#N)c(C#N)c1[2H]. The normalized spacial score (nSPS) is 20.2. The summed E-state index contributed by atoms with van der Waals surface area (Å²) in [7, 11) is 0. The van der Waals surface area contributed by atoms with E-state index < -0.39 is 140 Å². The highest BCUT2D eigenvalue weighted by Gasteiger charge is 2.41. The summed E-state index contributed by atoms with van der Waals surface area (Å²) in [6.45, 7) is 15.6. The Morgan fingerprint density at radius 1 is 0.639 bits per heavy atom. The third-order valence-electron chi connectivity index (χ3n) is 4.87. The van der Waals surface area contributed by atoms with Crippen molar-refractivity contribution in [3.8, 4) is 24.3 Å². The molecule has 6 nitrogen and oxygen atoms in total. The van der Waals surface area contributed by atoms with Crippen LogP contribution >= 0.6 is 0 Å². The molecule has 1 aliphatic carbocycles. The van der Waals surface area contributed by atoms with Crippen molar-refractivity contribution in [2.45, 2.75) is 0 Å². The maximum Gasteiger partial charge on any atom is 0.192 e. The number of benzene rings is 3. The average Bonchev–Trinajstić information content (AvgIpc) is 3.80. The third kappa shape index (κ3) is 3.77. The van der Waals surface area contributed by atoms with E-state index >= 15 is 0 Å². The zero-order valence-electron chi connectivity index (χ0n) is 29.7. The molecule has 0 saturated heterocycles. The second-order valence-corrected chi connectivity index (χ2v) is 6.62. The quantitative estimate of drug-likeness (QED) is 0.320. The molecular weight excluding hydrogens is 444 g/mol. The Balaban J connectivity index is 2.43. The number of hydrogen-bond donors (Lipinski definition) is 0. The van der Waals surface area contributed by atoms with Gasteiger partial charge >= 0.3 is 0 Å². The lowest BCUT2D eigenvalue weighted by molar-refractivity contribution is 1.45. The predicted molar refractivity (Wildman–Crippen MR) is 134 cm³/mol. The van der Waals surface area contributed by atoms with Gasteiger partial charge in [-0.3, -0.25) is 0 Å². The van der Waals surface area contributed by atoms with Crippen molar-refractivity contribution in [2.75, 3.05) is 0 Å². The van der Waals surface area contributed by atoms with Crippen molar-refractivity contribution in [3.05, 3.63) is 140 Å². The Bertz CT molecular complexity index is 2150. The summed E-state index contributed by atoms with van der Waals surface area (Å²) in [4.78, 5) is 6.54. The van der Waals surface area contributed by atoms with Gasteiger partial charge in [-0.2, -0.15) is 21.0 Å². The van der Waals surface area contributed by atoms with Crippen molar-refractivity contribution in [3.63, 3.8) is 0 Å². The van der Waals surface area contributed by atoms with Gasteiger partial charge in [0.1, 0.15) is 12.1 Å². The Kier molecular flexibility index (Phi) is 3.34. The molecule has 1 fully saturated rings. The molecule has 0 unspecified atom stereocenters. The number of rotatable bonds is 3. The van der Waals surface area contributed by atoms with E-state index in [4.69, 9.17) is 29.6 Å². The van der Waals surface area contributed by atoms with Crippen molar-refractivity contribution in [1.29, 1.82) is 21.0 Å². The standard InChI is InChI=1S/C30H12N6/c1-35-26-14-8-7-13-23(26)30(36-2)29-27(24(17-33)21-11-5-3-9-19(21)15-31)28(29)25(18-34)22-12-6-4-10-20(22)16-32/h3-14H/b27-24-,28-25+,30-29?/i3D,4D,5D,6D,7D,8D,9D,10D,11D,12D,13D,14D. The average molecular weight is 469 g/mol. The molecule has 0 amide bonds. The lowest BCUT2D eigenvalue weighted by Gasteiger charge is -2.02. The molecule has 1 saturated carbocycles. The van der Waals surface area contributed by atoms with Crippen LogP contribution in [0.5, 0.6) is 0 Å². The molecule has 0 aliphatic heterocycles. The van der Waals surface area contributed by atoms with Crippen LogP contribution in [0.1, 0.15) is 44.3 Å². The highest BCUT2D eigenvalue weighted by atomic mass is 14.7. The highest BCUT2D eigenvalue weighted by Crippen LogP contribution is 2.57. The fourth-order valence-corrected chi connectivity index (χ4v) is 3.36. The molecule has 0 N–H and O–H groups in total. The molecule has 0 atom stereocenters. The van der Waals surface area contributed by atoms with Crippen LogP contribution in [0.2, 0.25) is 0 Å². The van der Waals surface area contributed by atoms with Crippen molar-refractivity contribution < 1.29 is 16.4 Å². The summed E-state index contributed by atoms with van der Waals surface area (Å²) in [5.74, 6) is 0. The van der Waals surface area contributed by atoms with Crippen LogP contribution in [0.3, 0.4) is 0 Å². The summed E-state index contributed by atoms with van der Waals surface area (Å²) in [5.41, 5.74) is -7.63. The van der Waals surface area contributed by atoms with Crippen LogP contribution in [0.25, 0.3) is 26.5 Å². The van der Waals surface area contributed by atoms with Crippen molar-refractivity contribution in [2.24, 2.45) is 0 Å². The number of hydrogen-bond acceptors (Lipinski definition) is 4. The Hall–Kier alpha value is -6.18. The molecule has 36 heavy (non-hydrogen) atoms. The molecule has 162 valence electrons. The number of para-hydroxylation sites is 1. The van der Waals surface area contributed by atoms with Crippen LogP contribution in [-0.4, -0.2) is 0 Å². The second kappa shape index (κ2) is 9.75. The van der Waals surface area contributed by atoms with Crippen LogP contribution in [0.4, 0.5) is 5.69 Å². The van der Waals surface area contributed by atoms with Gasteiger partial charge in [0.25, 0.3) is 0 Å². The van der Waals surface area contributed by atoms with Crippen molar-refractivity contribution in [1.82, 2.24) is 0 Å². The minimum Gasteiger partial charge on any atom is -0.239 e. The zero-order chi connectivity index (χ0) is 36.1. The maximum absolute atomic E-state index is 10.4. The lowest BCUT2D eigenvalue weighted by Crippen LogP contribution is -1.89. The number of nitrogens with zero attached hydrogens (tertiary/aromatic N) is 6. The second-order valence-electron chi connectivity index (χ2n) is 6.62. The Morgan fingerprint density at radius 2 is 1.08 bits per heavy atom. The zero-order valence-corrected chi connectivity index (χ0v) is 17.7. The summed E-state index contributed by atoms with van der Waals surface area (Å²) in [5, 5.41) is 40.6. The molecule has 0 heterocycles. The molecule has 0 spiro atoms. The number of allylic oxidation sites excluding steroid dienone is 5. The van der Waals surface area contributed by atoms with Gasteiger partial charge in [0.05, 0.1) is 62.6 Å². The molecule has 3 aromatic rings. The van der Waals surface area contributed by atoms with Crippen LogP contribution < -0.4 is 0 Å². The van der Waals surface area contributed by atoms with Gasteiger partial charge in [0.2, 0.25) is 0 Å². The van der Waals surface area contributed by atoms with E-state index in [1.54, 1.807) is 24.3 Å². The fourth-order valence-electron chi connectivity index (χ4n) is 3.36.